The Labute approximate surface area is 193 Å². The zero-order valence-corrected chi connectivity index (χ0v) is 18.0. The number of benzene rings is 1. The Morgan fingerprint density at radius 3 is 2.27 bits per heavy atom. The van der Waals surface area contributed by atoms with Gasteiger partial charge in [0.05, 0.1) is 22.8 Å². The van der Waals surface area contributed by atoms with E-state index in [4.69, 9.17) is 16.7 Å². The lowest BCUT2D eigenvalue weighted by Crippen LogP contribution is -2.34. The van der Waals surface area contributed by atoms with Crippen molar-refractivity contribution in [2.75, 3.05) is 12.4 Å². The summed E-state index contributed by atoms with van der Waals surface area (Å²) in [6.07, 6.45) is 0. The Hall–Kier alpha value is -3.64. The van der Waals surface area contributed by atoms with E-state index in [1.807, 2.05) is 0 Å². The van der Waals surface area contributed by atoms with Gasteiger partial charge in [0.25, 0.3) is 5.56 Å². The number of allylic oxidation sites excluding steroid dienone is 1. The van der Waals surface area contributed by atoms with Crippen LogP contribution >= 0.6 is 23.4 Å². The molecule has 13 heteroatoms. The number of aromatic amines is 1. The number of dihydropyridines is 1. The minimum absolute atomic E-state index is 0.0570. The van der Waals surface area contributed by atoms with E-state index in [0.29, 0.717) is 0 Å². The number of hydrogen-bond acceptors (Lipinski definition) is 7. The zero-order chi connectivity index (χ0) is 24.3. The number of rotatable bonds is 8. The van der Waals surface area contributed by atoms with E-state index < -0.39 is 47.3 Å². The first-order valence-electron chi connectivity index (χ1n) is 9.11. The summed E-state index contributed by atoms with van der Waals surface area (Å²) >= 11 is 7.00. The highest BCUT2D eigenvalue weighted by atomic mass is 35.5. The molecule has 0 radical (unpaired) electrons. The van der Waals surface area contributed by atoms with Crippen molar-refractivity contribution in [1.29, 1.82) is 0 Å². The van der Waals surface area contributed by atoms with Crippen molar-refractivity contribution in [2.24, 2.45) is 0 Å². The predicted molar refractivity (Wildman–Crippen MR) is 115 cm³/mol. The number of aromatic carboxylic acids is 1. The van der Waals surface area contributed by atoms with Crippen molar-refractivity contribution in [3.63, 3.8) is 0 Å². The van der Waals surface area contributed by atoms with Crippen molar-refractivity contribution >= 4 is 41.3 Å². The normalized spacial score (nSPS) is 15.9. The largest absolute Gasteiger partial charge is 0.478 e. The number of nitrogens with zero attached hydrogens (tertiary/aromatic N) is 1. The van der Waals surface area contributed by atoms with Gasteiger partial charge in [-0.3, -0.25) is 4.79 Å². The number of alkyl halides is 1. The van der Waals surface area contributed by atoms with Crippen LogP contribution < -0.4 is 10.9 Å². The smallest absolute Gasteiger partial charge is 0.354 e. The lowest BCUT2D eigenvalue weighted by molar-refractivity contribution is -0.133. The van der Waals surface area contributed by atoms with Crippen molar-refractivity contribution in [2.45, 2.75) is 11.1 Å². The standard InChI is InChI=1S/C20H15ClFN3O7S/c21-9-4-2-1-3-8(9)14-15(18(29)30)11(6-22)23-12(16(14)19(31)32)7-33-20-24-10(17(27)28)5-13(26)25-20/h1-5,14,23H,6-7H2,(H,27,28)(H,29,30)(H,31,32)(H,24,25,26). The van der Waals surface area contributed by atoms with Gasteiger partial charge in [-0.05, 0) is 11.6 Å². The van der Waals surface area contributed by atoms with Crippen molar-refractivity contribution in [1.82, 2.24) is 15.3 Å². The minimum Gasteiger partial charge on any atom is -0.478 e. The number of halogens is 2. The number of carboxylic acid groups (broad SMARTS) is 3. The fourth-order valence-corrected chi connectivity index (χ4v) is 4.40. The van der Waals surface area contributed by atoms with E-state index in [9.17, 15) is 33.8 Å². The molecule has 5 N–H and O–H groups in total. The molecule has 1 unspecified atom stereocenters. The van der Waals surface area contributed by atoms with Crippen LogP contribution in [0.5, 0.6) is 0 Å². The van der Waals surface area contributed by atoms with E-state index in [1.165, 1.54) is 18.2 Å². The van der Waals surface area contributed by atoms with Gasteiger partial charge >= 0.3 is 17.9 Å². The predicted octanol–water partition coefficient (Wildman–Crippen LogP) is 2.25. The summed E-state index contributed by atoms with van der Waals surface area (Å²) in [5.74, 6) is -6.05. The maximum atomic E-state index is 13.8. The number of H-pyrrole nitrogens is 1. The van der Waals surface area contributed by atoms with Crippen LogP contribution in [0.15, 0.2) is 62.8 Å². The Balaban J connectivity index is 2.12. The van der Waals surface area contributed by atoms with Crippen LogP contribution in [-0.2, 0) is 9.59 Å². The third-order valence-corrected chi connectivity index (χ3v) is 5.88. The second kappa shape index (κ2) is 9.88. The topological polar surface area (TPSA) is 170 Å². The third-order valence-electron chi connectivity index (χ3n) is 4.63. The zero-order valence-electron chi connectivity index (χ0n) is 16.5. The van der Waals surface area contributed by atoms with E-state index in [1.54, 1.807) is 6.07 Å². The molecule has 10 nitrogen and oxygen atoms in total. The summed E-state index contributed by atoms with van der Waals surface area (Å²) in [6.45, 7) is -1.23. The molecule has 0 saturated carbocycles. The molecule has 0 spiro atoms. The van der Waals surface area contributed by atoms with E-state index in [2.05, 4.69) is 15.3 Å². The molecule has 0 saturated heterocycles. The van der Waals surface area contributed by atoms with Crippen LogP contribution in [0.25, 0.3) is 0 Å². The Kier molecular flexibility index (Phi) is 7.19. The minimum atomic E-state index is -1.52. The van der Waals surface area contributed by atoms with Gasteiger partial charge in [-0.2, -0.15) is 0 Å². The van der Waals surface area contributed by atoms with Gasteiger partial charge in [0.15, 0.2) is 10.9 Å². The molecular weight excluding hydrogens is 481 g/mol. The SMILES string of the molecule is O=C(O)C1=C(CF)NC(CSc2nc(C(=O)O)cc(=O)[nH]2)=C(C(=O)O)C1c1ccccc1Cl. The monoisotopic (exact) mass is 495 g/mol. The molecule has 2 aromatic rings. The summed E-state index contributed by atoms with van der Waals surface area (Å²) < 4.78 is 13.8. The summed E-state index contributed by atoms with van der Waals surface area (Å²) in [4.78, 5) is 53.1. The van der Waals surface area contributed by atoms with Gasteiger partial charge in [0.1, 0.15) is 6.67 Å². The average molecular weight is 496 g/mol. The van der Waals surface area contributed by atoms with Gasteiger partial charge in [-0.1, -0.05) is 41.6 Å². The Bertz CT molecular complexity index is 1270. The number of carboxylic acids is 3. The van der Waals surface area contributed by atoms with Crippen LogP contribution in [-0.4, -0.2) is 55.6 Å². The molecule has 1 aliphatic heterocycles. The molecule has 0 bridgehead atoms. The van der Waals surface area contributed by atoms with Crippen LogP contribution in [0.4, 0.5) is 4.39 Å². The third kappa shape index (κ3) is 5.07. The van der Waals surface area contributed by atoms with Gasteiger partial charge < -0.3 is 25.6 Å². The first-order chi connectivity index (χ1) is 15.6. The first kappa shape index (κ1) is 24.0. The molecule has 1 aliphatic rings. The molecular formula is C20H15ClFN3O7S. The lowest BCUT2D eigenvalue weighted by Gasteiger charge is -2.30. The number of nitrogens with one attached hydrogen (secondary N) is 2. The molecule has 1 aromatic heterocycles. The molecule has 3 rings (SSSR count). The molecule has 1 atom stereocenters. The second-order valence-corrected chi connectivity index (χ2v) is 8.01. The number of hydrogen-bond donors (Lipinski definition) is 5. The maximum absolute atomic E-state index is 13.8. The van der Waals surface area contributed by atoms with Crippen LogP contribution in [0.3, 0.4) is 0 Å². The van der Waals surface area contributed by atoms with E-state index >= 15 is 0 Å². The fraction of sp³-hybridized carbons (Fsp3) is 0.150. The van der Waals surface area contributed by atoms with Gasteiger partial charge in [0, 0.05) is 22.5 Å². The van der Waals surface area contributed by atoms with Gasteiger partial charge in [-0.15, -0.1) is 0 Å². The number of carbonyl (C=O) groups is 3. The summed E-state index contributed by atoms with van der Waals surface area (Å²) in [5, 5.41) is 31.2. The van der Waals surface area contributed by atoms with Crippen molar-refractivity contribution < 1.29 is 34.1 Å². The molecule has 2 heterocycles. The average Bonchev–Trinajstić information content (AvgIpc) is 2.76. The van der Waals surface area contributed by atoms with Gasteiger partial charge in [-0.25, -0.2) is 23.8 Å². The number of aromatic nitrogens is 2. The summed E-state index contributed by atoms with van der Waals surface area (Å²) in [7, 11) is 0. The molecule has 33 heavy (non-hydrogen) atoms. The second-order valence-electron chi connectivity index (χ2n) is 6.64. The molecule has 172 valence electrons. The first-order valence-corrected chi connectivity index (χ1v) is 10.5. The lowest BCUT2D eigenvalue weighted by atomic mass is 9.80. The molecule has 0 aliphatic carbocycles. The van der Waals surface area contributed by atoms with E-state index in [0.717, 1.165) is 17.8 Å². The van der Waals surface area contributed by atoms with E-state index in [-0.39, 0.29) is 38.5 Å². The Morgan fingerprint density at radius 2 is 1.70 bits per heavy atom. The molecule has 0 fully saturated rings. The van der Waals surface area contributed by atoms with Crippen LogP contribution in [0.1, 0.15) is 22.0 Å². The highest BCUT2D eigenvalue weighted by Crippen LogP contribution is 2.41. The highest BCUT2D eigenvalue weighted by molar-refractivity contribution is 7.99. The van der Waals surface area contributed by atoms with Gasteiger partial charge in [0.2, 0.25) is 0 Å². The fourth-order valence-electron chi connectivity index (χ4n) is 3.31. The quantitative estimate of drug-likeness (QED) is 0.270. The number of thioether (sulfide) groups is 1. The Morgan fingerprint density at radius 1 is 1.06 bits per heavy atom. The van der Waals surface area contributed by atoms with Crippen LogP contribution in [0.2, 0.25) is 5.02 Å². The summed E-state index contributed by atoms with van der Waals surface area (Å²) in [6, 6.07) is 6.79. The van der Waals surface area contributed by atoms with Crippen LogP contribution in [0, 0.1) is 0 Å². The number of aliphatic carboxylic acids is 2. The molecule has 1 aromatic carbocycles. The highest BCUT2D eigenvalue weighted by Gasteiger charge is 2.39. The molecule has 0 amide bonds. The maximum Gasteiger partial charge on any atom is 0.354 e. The summed E-state index contributed by atoms with van der Waals surface area (Å²) in [5.41, 5.74) is -2.40. The van der Waals surface area contributed by atoms with Crippen molar-refractivity contribution in [3.8, 4) is 0 Å². The van der Waals surface area contributed by atoms with Crippen molar-refractivity contribution in [3.05, 3.63) is 79.5 Å².